The largest absolute Gasteiger partial charge is 0.338 e. The van der Waals surface area contributed by atoms with Crippen LogP contribution in [0.2, 0.25) is 0 Å². The molecular formula is C18H15BrFN3O. The van der Waals surface area contributed by atoms with Gasteiger partial charge in [-0.2, -0.15) is 0 Å². The highest BCUT2D eigenvalue weighted by atomic mass is 79.9. The summed E-state index contributed by atoms with van der Waals surface area (Å²) >= 11 is 3.34. The van der Waals surface area contributed by atoms with Gasteiger partial charge in [0, 0.05) is 35.0 Å². The van der Waals surface area contributed by atoms with E-state index in [9.17, 15) is 9.18 Å². The van der Waals surface area contributed by atoms with E-state index in [-0.39, 0.29) is 11.7 Å². The van der Waals surface area contributed by atoms with Crippen LogP contribution in [0.5, 0.6) is 0 Å². The number of amides is 1. The molecule has 3 aromatic rings. The molecule has 0 bridgehead atoms. The number of carbonyl (C=O) groups excluding carboxylic acids is 1. The molecule has 1 N–H and O–H groups in total. The average Bonchev–Trinajstić information content (AvgIpc) is 3.00. The molecular weight excluding hydrogens is 373 g/mol. The molecule has 24 heavy (non-hydrogen) atoms. The van der Waals surface area contributed by atoms with Crippen LogP contribution in [0.3, 0.4) is 0 Å². The lowest BCUT2D eigenvalue weighted by atomic mass is 10.0. The number of aryl methyl sites for hydroxylation is 1. The smallest absolute Gasteiger partial charge is 0.252 e. The summed E-state index contributed by atoms with van der Waals surface area (Å²) in [5.41, 5.74) is 0.867. The van der Waals surface area contributed by atoms with Crippen molar-refractivity contribution in [1.29, 1.82) is 0 Å². The fourth-order valence-corrected chi connectivity index (χ4v) is 2.73. The minimum atomic E-state index is -0.678. The zero-order chi connectivity index (χ0) is 17.1. The lowest BCUT2D eigenvalue weighted by molar-refractivity contribution is 0.0940. The molecule has 1 heterocycles. The van der Waals surface area contributed by atoms with Crippen LogP contribution in [0.4, 0.5) is 4.39 Å². The maximum atomic E-state index is 14.3. The van der Waals surface area contributed by atoms with E-state index < -0.39 is 6.04 Å². The molecule has 4 nitrogen and oxygen atoms in total. The molecule has 6 heteroatoms. The van der Waals surface area contributed by atoms with Crippen molar-refractivity contribution in [3.8, 4) is 0 Å². The Bertz CT molecular complexity index is 861. The molecule has 0 spiro atoms. The lowest BCUT2D eigenvalue weighted by Gasteiger charge is -2.19. The number of hydrogen-bond acceptors (Lipinski definition) is 2. The second kappa shape index (κ2) is 6.97. The number of halogens is 2. The van der Waals surface area contributed by atoms with Gasteiger partial charge >= 0.3 is 0 Å². The summed E-state index contributed by atoms with van der Waals surface area (Å²) in [4.78, 5) is 16.8. The lowest BCUT2D eigenvalue weighted by Crippen LogP contribution is -2.31. The molecule has 0 aliphatic heterocycles. The van der Waals surface area contributed by atoms with Crippen molar-refractivity contribution in [3.63, 3.8) is 0 Å². The predicted octanol–water partition coefficient (Wildman–Crippen LogP) is 3.84. The van der Waals surface area contributed by atoms with E-state index in [0.717, 1.165) is 4.47 Å². The van der Waals surface area contributed by atoms with Crippen LogP contribution in [0.15, 0.2) is 65.4 Å². The molecule has 0 aliphatic rings. The van der Waals surface area contributed by atoms with Crippen LogP contribution in [-0.2, 0) is 7.05 Å². The fourth-order valence-electron chi connectivity index (χ4n) is 2.46. The van der Waals surface area contributed by atoms with Gasteiger partial charge in [-0.15, -0.1) is 0 Å². The number of aromatic nitrogens is 2. The molecule has 0 saturated carbocycles. The van der Waals surface area contributed by atoms with Gasteiger partial charge in [-0.1, -0.05) is 34.1 Å². The van der Waals surface area contributed by atoms with Crippen molar-refractivity contribution in [3.05, 3.63) is 88.2 Å². The van der Waals surface area contributed by atoms with E-state index in [1.807, 2.05) is 7.05 Å². The molecule has 1 amide bonds. The molecule has 1 unspecified atom stereocenters. The third-order valence-electron chi connectivity index (χ3n) is 3.71. The van der Waals surface area contributed by atoms with Crippen LogP contribution in [-0.4, -0.2) is 15.5 Å². The summed E-state index contributed by atoms with van der Waals surface area (Å²) in [6.45, 7) is 0. The topological polar surface area (TPSA) is 46.9 Å². The Labute approximate surface area is 147 Å². The van der Waals surface area contributed by atoms with Crippen LogP contribution in [0, 0.1) is 5.82 Å². The summed E-state index contributed by atoms with van der Waals surface area (Å²) < 4.78 is 16.9. The quantitative estimate of drug-likeness (QED) is 0.738. The van der Waals surface area contributed by atoms with E-state index in [2.05, 4.69) is 26.2 Å². The maximum absolute atomic E-state index is 14.3. The van der Waals surface area contributed by atoms with Crippen molar-refractivity contribution in [2.75, 3.05) is 0 Å². The van der Waals surface area contributed by atoms with Gasteiger partial charge in [0.05, 0.1) is 0 Å². The maximum Gasteiger partial charge on any atom is 0.252 e. The molecule has 0 radical (unpaired) electrons. The summed E-state index contributed by atoms with van der Waals surface area (Å²) in [6.07, 6.45) is 3.38. The highest BCUT2D eigenvalue weighted by molar-refractivity contribution is 9.10. The molecule has 122 valence electrons. The van der Waals surface area contributed by atoms with E-state index in [4.69, 9.17) is 0 Å². The highest BCUT2D eigenvalue weighted by Crippen LogP contribution is 2.23. The van der Waals surface area contributed by atoms with Crippen molar-refractivity contribution in [2.24, 2.45) is 7.05 Å². The summed E-state index contributed by atoms with van der Waals surface area (Å²) in [5.74, 6) is -0.120. The molecule has 0 saturated heterocycles. The second-order valence-electron chi connectivity index (χ2n) is 5.33. The zero-order valence-electron chi connectivity index (χ0n) is 12.9. The van der Waals surface area contributed by atoms with Crippen LogP contribution < -0.4 is 5.32 Å². The van der Waals surface area contributed by atoms with Gasteiger partial charge in [-0.25, -0.2) is 9.37 Å². The van der Waals surface area contributed by atoms with Crippen molar-refractivity contribution >= 4 is 21.8 Å². The standard InChI is InChI=1S/C18H15BrFN3O/c1-23-11-10-21-17(23)16(14-4-2-3-5-15(14)20)22-18(24)12-6-8-13(19)9-7-12/h2-11,16H,1H3,(H,22,24). The van der Waals surface area contributed by atoms with Gasteiger partial charge in [0.2, 0.25) is 0 Å². The Morgan fingerprint density at radius 1 is 1.21 bits per heavy atom. The fraction of sp³-hybridized carbons (Fsp3) is 0.111. The van der Waals surface area contributed by atoms with Gasteiger partial charge in [-0.05, 0) is 30.3 Å². The number of imidazole rings is 1. The van der Waals surface area contributed by atoms with Crippen LogP contribution >= 0.6 is 15.9 Å². The van der Waals surface area contributed by atoms with E-state index >= 15 is 0 Å². The summed E-state index contributed by atoms with van der Waals surface area (Å²) in [5, 5.41) is 2.88. The molecule has 0 fully saturated rings. The third-order valence-corrected chi connectivity index (χ3v) is 4.24. The van der Waals surface area contributed by atoms with E-state index in [0.29, 0.717) is 17.0 Å². The number of nitrogens with zero attached hydrogens (tertiary/aromatic N) is 2. The zero-order valence-corrected chi connectivity index (χ0v) is 14.5. The van der Waals surface area contributed by atoms with Gasteiger partial charge in [0.25, 0.3) is 5.91 Å². The third kappa shape index (κ3) is 3.38. The number of rotatable bonds is 4. The molecule has 3 rings (SSSR count). The monoisotopic (exact) mass is 387 g/mol. The Hall–Kier alpha value is -2.47. The molecule has 1 aromatic heterocycles. The normalized spacial score (nSPS) is 12.0. The van der Waals surface area contributed by atoms with Crippen molar-refractivity contribution < 1.29 is 9.18 Å². The number of nitrogens with one attached hydrogen (secondary N) is 1. The number of benzene rings is 2. The molecule has 1 atom stereocenters. The Morgan fingerprint density at radius 2 is 1.92 bits per heavy atom. The van der Waals surface area contributed by atoms with Crippen molar-refractivity contribution in [1.82, 2.24) is 14.9 Å². The molecule has 2 aromatic carbocycles. The first-order chi connectivity index (χ1) is 11.6. The van der Waals surface area contributed by atoms with Crippen molar-refractivity contribution in [2.45, 2.75) is 6.04 Å². The second-order valence-corrected chi connectivity index (χ2v) is 6.25. The first-order valence-electron chi connectivity index (χ1n) is 7.34. The first-order valence-corrected chi connectivity index (χ1v) is 8.13. The van der Waals surface area contributed by atoms with Gasteiger partial charge < -0.3 is 9.88 Å². The highest BCUT2D eigenvalue weighted by Gasteiger charge is 2.23. The Kier molecular flexibility index (Phi) is 4.76. The number of carbonyl (C=O) groups is 1. The Balaban J connectivity index is 1.97. The van der Waals surface area contributed by atoms with Crippen LogP contribution in [0.25, 0.3) is 0 Å². The van der Waals surface area contributed by atoms with E-state index in [1.54, 1.807) is 59.4 Å². The van der Waals surface area contributed by atoms with Gasteiger partial charge in [-0.3, -0.25) is 4.79 Å². The first kappa shape index (κ1) is 16.4. The van der Waals surface area contributed by atoms with Gasteiger partial charge in [0.15, 0.2) is 0 Å². The summed E-state index contributed by atoms with van der Waals surface area (Å²) in [7, 11) is 1.81. The van der Waals surface area contributed by atoms with Gasteiger partial charge in [0.1, 0.15) is 17.7 Å². The predicted molar refractivity (Wildman–Crippen MR) is 93.1 cm³/mol. The summed E-state index contributed by atoms with van der Waals surface area (Å²) in [6, 6.07) is 12.7. The minimum absolute atomic E-state index is 0.293. The SMILES string of the molecule is Cn1ccnc1C(NC(=O)c1ccc(Br)cc1)c1ccccc1F. The molecule has 0 aliphatic carbocycles. The van der Waals surface area contributed by atoms with Crippen LogP contribution in [0.1, 0.15) is 27.8 Å². The minimum Gasteiger partial charge on any atom is -0.338 e. The Morgan fingerprint density at radius 3 is 2.54 bits per heavy atom. The van der Waals surface area contributed by atoms with E-state index in [1.165, 1.54) is 6.07 Å². The average molecular weight is 388 g/mol. The number of hydrogen-bond donors (Lipinski definition) is 1.